The molecule has 268 valence electrons. The molecule has 1 aliphatic rings. The number of halogens is 1. The van der Waals surface area contributed by atoms with E-state index in [1.807, 2.05) is 19.1 Å². The maximum absolute atomic E-state index is 14.4. The summed E-state index contributed by atoms with van der Waals surface area (Å²) >= 11 is 0. The first-order valence-corrected chi connectivity index (χ1v) is 19.0. The number of nitrogens with zero attached hydrogens (tertiary/aromatic N) is 4. The molecule has 0 amide bonds. The number of nitrogens with one attached hydrogen (secondary N) is 3. The molecule has 21 heteroatoms. The third kappa shape index (κ3) is 7.35. The minimum absolute atomic E-state index is 0.0339. The summed E-state index contributed by atoms with van der Waals surface area (Å²) in [5, 5.41) is 8.78. The third-order valence-corrected chi connectivity index (χ3v) is 10.3. The average molecular weight is 770 g/mol. The van der Waals surface area contributed by atoms with Crippen molar-refractivity contribution in [2.24, 2.45) is 5.10 Å². The topological polar surface area (TPSA) is 267 Å². The summed E-state index contributed by atoms with van der Waals surface area (Å²) in [4.78, 5) is 22.5. The van der Waals surface area contributed by atoms with E-state index in [2.05, 4.69) is 36.1 Å². The molecule has 5 aromatic rings. The number of fused-ring (bicyclic) bond motifs is 2. The van der Waals surface area contributed by atoms with Crippen molar-refractivity contribution < 1.29 is 48.1 Å². The highest BCUT2D eigenvalue weighted by molar-refractivity contribution is 7.91. The van der Waals surface area contributed by atoms with E-state index in [0.717, 1.165) is 42.0 Å². The summed E-state index contributed by atoms with van der Waals surface area (Å²) in [6.07, 6.45) is 0.460. The quantitative estimate of drug-likeness (QED) is 0.0837. The Balaban J connectivity index is 1.35. The van der Waals surface area contributed by atoms with Crippen LogP contribution in [-0.2, 0) is 36.8 Å². The lowest BCUT2D eigenvalue weighted by Crippen LogP contribution is -2.27. The van der Waals surface area contributed by atoms with Crippen LogP contribution in [0.5, 0.6) is 0 Å². The smallest absolute Gasteiger partial charge is 0.315 e. The van der Waals surface area contributed by atoms with Gasteiger partial charge in [-0.2, -0.15) is 49.7 Å². The number of carbonyl (C=O) groups excluding carboxylic acids is 1. The summed E-state index contributed by atoms with van der Waals surface area (Å²) in [6.45, 7) is 1.94. The van der Waals surface area contributed by atoms with Gasteiger partial charge in [-0.15, -0.1) is 0 Å². The number of ketones is 1. The number of para-hydroxylation sites is 1. The molecule has 6 rings (SSSR count). The van der Waals surface area contributed by atoms with Gasteiger partial charge in [0.2, 0.25) is 17.7 Å². The standard InChI is InChI=1S/C31H24FN7O10S3/c1-2-16-6-3-4-8-22(16)34-31-36-29(32)35-30(37-31)33-18-10-11-19-17(14-18)15-25(51(44,45)46)26(27(19)40)39-38-23-13-12-20-21(28(23)52(47,48)49)7-5-9-24(20)50(41,42)43/h3-15,38H,2H2,1H3,(H,41,42,43)(H,44,45,46)(H,47,48,49)(H2,33,34,35,36,37)/b39-26-. The second kappa shape index (κ2) is 13.4. The van der Waals surface area contributed by atoms with E-state index in [4.69, 9.17) is 0 Å². The van der Waals surface area contributed by atoms with Crippen LogP contribution < -0.4 is 16.1 Å². The molecule has 1 aliphatic carbocycles. The van der Waals surface area contributed by atoms with E-state index in [1.54, 1.807) is 12.1 Å². The van der Waals surface area contributed by atoms with Gasteiger partial charge in [0.05, 0.1) is 5.69 Å². The van der Waals surface area contributed by atoms with Gasteiger partial charge < -0.3 is 10.6 Å². The zero-order chi connectivity index (χ0) is 37.6. The molecular formula is C31H24FN7O10S3. The molecule has 52 heavy (non-hydrogen) atoms. The molecule has 1 aromatic heterocycles. The van der Waals surface area contributed by atoms with Crippen LogP contribution >= 0.6 is 0 Å². The molecule has 0 bridgehead atoms. The average Bonchev–Trinajstić information content (AvgIpc) is 3.05. The van der Waals surface area contributed by atoms with Crippen LogP contribution in [0.15, 0.2) is 92.6 Å². The van der Waals surface area contributed by atoms with E-state index in [9.17, 15) is 48.1 Å². The Morgan fingerprint density at radius 3 is 2.13 bits per heavy atom. The largest absolute Gasteiger partial charge is 0.324 e. The van der Waals surface area contributed by atoms with E-state index in [0.29, 0.717) is 12.1 Å². The molecule has 4 aromatic carbocycles. The Morgan fingerprint density at radius 2 is 1.46 bits per heavy atom. The Morgan fingerprint density at radius 1 is 0.750 bits per heavy atom. The molecule has 0 fully saturated rings. The Kier molecular flexibility index (Phi) is 9.33. The molecule has 1 heterocycles. The first-order chi connectivity index (χ1) is 24.4. The molecule has 17 nitrogen and oxygen atoms in total. The van der Waals surface area contributed by atoms with Gasteiger partial charge in [0.1, 0.15) is 14.7 Å². The minimum Gasteiger partial charge on any atom is -0.324 e. The molecule has 6 N–H and O–H groups in total. The molecule has 0 aliphatic heterocycles. The fraction of sp³-hybridized carbons (Fsp3) is 0.0645. The van der Waals surface area contributed by atoms with Crippen LogP contribution in [0.4, 0.5) is 33.3 Å². The lowest BCUT2D eigenvalue weighted by Gasteiger charge is -2.18. The van der Waals surface area contributed by atoms with Crippen molar-refractivity contribution in [3.8, 4) is 0 Å². The SMILES string of the molecule is CCc1ccccc1Nc1nc(F)nc(Nc2ccc3c(c2)C=C(S(=O)(=O)O)/C(=N/Nc2ccc4c(S(=O)(=O)O)cccc4c2S(=O)(=O)O)C3=O)n1. The van der Waals surface area contributed by atoms with Crippen LogP contribution in [0.2, 0.25) is 0 Å². The summed E-state index contributed by atoms with van der Waals surface area (Å²) in [5.74, 6) is -1.40. The van der Waals surface area contributed by atoms with Gasteiger partial charge in [-0.25, -0.2) is 0 Å². The van der Waals surface area contributed by atoms with Crippen LogP contribution in [-0.4, -0.2) is 65.4 Å². The van der Waals surface area contributed by atoms with Crippen molar-refractivity contribution >= 4 is 87.7 Å². The number of aromatic nitrogens is 3. The van der Waals surface area contributed by atoms with Crippen molar-refractivity contribution in [1.29, 1.82) is 0 Å². The molecular weight excluding hydrogens is 746 g/mol. The first-order valence-electron chi connectivity index (χ1n) is 14.7. The first kappa shape index (κ1) is 36.1. The van der Waals surface area contributed by atoms with E-state index in [-0.39, 0.29) is 39.5 Å². The lowest BCUT2D eigenvalue weighted by molar-refractivity contribution is 0.106. The zero-order valence-electron chi connectivity index (χ0n) is 26.3. The summed E-state index contributed by atoms with van der Waals surface area (Å²) < 4.78 is 118. The number of hydrogen-bond donors (Lipinski definition) is 6. The fourth-order valence-electron chi connectivity index (χ4n) is 5.39. The van der Waals surface area contributed by atoms with Crippen molar-refractivity contribution in [1.82, 2.24) is 15.0 Å². The maximum Gasteiger partial charge on any atom is 0.315 e. The number of anilines is 5. The number of benzene rings is 4. The fourth-order valence-corrected chi connectivity index (χ4v) is 7.60. The Labute approximate surface area is 294 Å². The summed E-state index contributed by atoms with van der Waals surface area (Å²) in [7, 11) is -15.2. The van der Waals surface area contributed by atoms with Crippen LogP contribution in [0.1, 0.15) is 28.4 Å². The second-order valence-electron chi connectivity index (χ2n) is 10.9. The molecule has 0 unspecified atom stereocenters. The molecule has 0 saturated carbocycles. The zero-order valence-corrected chi connectivity index (χ0v) is 28.8. The minimum atomic E-state index is -5.17. The predicted molar refractivity (Wildman–Crippen MR) is 187 cm³/mol. The second-order valence-corrected chi connectivity index (χ2v) is 15.1. The van der Waals surface area contributed by atoms with E-state index < -0.39 is 68.3 Å². The van der Waals surface area contributed by atoms with Gasteiger partial charge in [0.25, 0.3) is 30.4 Å². The number of carbonyl (C=O) groups is 1. The van der Waals surface area contributed by atoms with Crippen molar-refractivity contribution in [2.45, 2.75) is 23.1 Å². The number of aryl methyl sites for hydroxylation is 1. The Hall–Kier alpha value is -5.71. The summed E-state index contributed by atoms with van der Waals surface area (Å²) in [5.41, 5.74) is 2.37. The molecule has 0 spiro atoms. The van der Waals surface area contributed by atoms with Crippen LogP contribution in [0.25, 0.3) is 16.8 Å². The van der Waals surface area contributed by atoms with Gasteiger partial charge in [-0.1, -0.05) is 43.3 Å². The van der Waals surface area contributed by atoms with Crippen LogP contribution in [0.3, 0.4) is 0 Å². The van der Waals surface area contributed by atoms with Gasteiger partial charge in [0.15, 0.2) is 5.71 Å². The van der Waals surface area contributed by atoms with E-state index in [1.165, 1.54) is 18.2 Å². The number of hydrogen-bond acceptors (Lipinski definition) is 14. The number of hydrazone groups is 1. The van der Waals surface area contributed by atoms with Gasteiger partial charge in [0, 0.05) is 27.7 Å². The lowest BCUT2D eigenvalue weighted by atomic mass is 9.94. The predicted octanol–water partition coefficient (Wildman–Crippen LogP) is 4.60. The number of allylic oxidation sites excluding steroid dienone is 1. The third-order valence-electron chi connectivity index (χ3n) is 7.61. The highest BCUT2D eigenvalue weighted by Gasteiger charge is 2.33. The van der Waals surface area contributed by atoms with Crippen LogP contribution in [0, 0.1) is 6.08 Å². The van der Waals surface area contributed by atoms with Gasteiger partial charge in [-0.3, -0.25) is 23.9 Å². The van der Waals surface area contributed by atoms with Crippen molar-refractivity contribution in [3.05, 3.63) is 100 Å². The highest BCUT2D eigenvalue weighted by atomic mass is 32.2. The maximum atomic E-state index is 14.4. The van der Waals surface area contributed by atoms with E-state index >= 15 is 0 Å². The Bertz CT molecular complexity index is 2720. The summed E-state index contributed by atoms with van der Waals surface area (Å²) in [6, 6.07) is 16.4. The van der Waals surface area contributed by atoms with Gasteiger partial charge in [-0.05, 0) is 60.0 Å². The van der Waals surface area contributed by atoms with Crippen molar-refractivity contribution in [2.75, 3.05) is 16.1 Å². The molecule has 0 saturated heterocycles. The normalized spacial score (nSPS) is 14.2. The highest BCUT2D eigenvalue weighted by Crippen LogP contribution is 2.35. The number of Topliss-reactive ketones (excluding diaryl/α,β-unsaturated/α-hetero) is 1. The molecule has 0 atom stereocenters. The number of rotatable bonds is 10. The van der Waals surface area contributed by atoms with Crippen molar-refractivity contribution in [3.63, 3.8) is 0 Å². The monoisotopic (exact) mass is 769 g/mol. The van der Waals surface area contributed by atoms with Gasteiger partial charge >= 0.3 is 6.08 Å². The molecule has 0 radical (unpaired) electrons.